The number of nitrogens with zero attached hydrogens (tertiary/aromatic N) is 2. The quantitative estimate of drug-likeness (QED) is 0.366. The molecule has 0 radical (unpaired) electrons. The first-order valence-corrected chi connectivity index (χ1v) is 13.1. The number of imide groups is 1. The molecule has 12 heteroatoms. The summed E-state index contributed by atoms with van der Waals surface area (Å²) in [4.78, 5) is 77.6. The monoisotopic (exact) mass is 564 g/mol. The first-order chi connectivity index (χ1) is 19.4. The van der Waals surface area contributed by atoms with Crippen LogP contribution in [0, 0.1) is 0 Å². The topological polar surface area (TPSA) is 151 Å². The van der Waals surface area contributed by atoms with Crippen LogP contribution in [-0.2, 0) is 41.7 Å². The zero-order chi connectivity index (χ0) is 29.7. The molecule has 0 aromatic heterocycles. The number of carbonyl (C=O) groups excluding carboxylic acids is 6. The summed E-state index contributed by atoms with van der Waals surface area (Å²) in [5.41, 5.74) is 1.13. The highest BCUT2D eigenvalue weighted by molar-refractivity contribution is 6.06. The van der Waals surface area contributed by atoms with Gasteiger partial charge in [0.25, 0.3) is 11.8 Å². The van der Waals surface area contributed by atoms with E-state index < -0.39 is 42.1 Å². The molecule has 2 aromatic rings. The van der Waals surface area contributed by atoms with Gasteiger partial charge in [-0.2, -0.15) is 0 Å². The van der Waals surface area contributed by atoms with Crippen LogP contribution in [0.5, 0.6) is 0 Å². The van der Waals surface area contributed by atoms with Gasteiger partial charge in [-0.05, 0) is 44.9 Å². The number of ether oxygens (including phenoxy) is 2. The van der Waals surface area contributed by atoms with Gasteiger partial charge in [-0.1, -0.05) is 36.4 Å². The molecule has 2 aliphatic rings. The van der Waals surface area contributed by atoms with E-state index in [4.69, 9.17) is 9.47 Å². The van der Waals surface area contributed by atoms with E-state index >= 15 is 0 Å². The Hall–Kier alpha value is -4.74. The van der Waals surface area contributed by atoms with Crippen LogP contribution in [0.3, 0.4) is 0 Å². The van der Waals surface area contributed by atoms with Gasteiger partial charge in [0.2, 0.25) is 11.8 Å². The molecule has 12 nitrogen and oxygen atoms in total. The Bertz CT molecular complexity index is 1370. The SMILES string of the molecule is CC(C)(C)OC(=O)CN(Cc1ccccc1)C(=O)COC(=O)Nc1cccc2c1CN(C1CCC(=O)NC1=O)C2=O. The summed E-state index contributed by atoms with van der Waals surface area (Å²) in [7, 11) is 0. The fourth-order valence-corrected chi connectivity index (χ4v) is 4.63. The Morgan fingerprint density at radius 3 is 2.46 bits per heavy atom. The predicted octanol–water partition coefficient (Wildman–Crippen LogP) is 2.37. The molecule has 1 saturated heterocycles. The normalized spacial score (nSPS) is 16.5. The van der Waals surface area contributed by atoms with E-state index in [9.17, 15) is 28.8 Å². The number of benzene rings is 2. The summed E-state index contributed by atoms with van der Waals surface area (Å²) < 4.78 is 10.5. The highest BCUT2D eigenvalue weighted by atomic mass is 16.6. The number of rotatable bonds is 8. The molecule has 2 aliphatic heterocycles. The van der Waals surface area contributed by atoms with Crippen molar-refractivity contribution < 1.29 is 38.2 Å². The van der Waals surface area contributed by atoms with E-state index in [2.05, 4.69) is 10.6 Å². The van der Waals surface area contributed by atoms with E-state index in [1.54, 1.807) is 63.2 Å². The molecule has 1 unspecified atom stereocenters. The Morgan fingerprint density at radius 1 is 1.05 bits per heavy atom. The molecule has 1 fully saturated rings. The minimum absolute atomic E-state index is 0.0522. The molecule has 4 rings (SSSR count). The Morgan fingerprint density at radius 2 is 1.78 bits per heavy atom. The molecule has 2 N–H and O–H groups in total. The summed E-state index contributed by atoms with van der Waals surface area (Å²) in [6.45, 7) is 4.35. The van der Waals surface area contributed by atoms with Gasteiger partial charge in [-0.15, -0.1) is 0 Å². The van der Waals surface area contributed by atoms with Crippen LogP contribution < -0.4 is 10.6 Å². The second kappa shape index (κ2) is 12.2. The lowest BCUT2D eigenvalue weighted by atomic mass is 10.0. The molecule has 5 amide bonds. The predicted molar refractivity (Wildman–Crippen MR) is 145 cm³/mol. The second-order valence-corrected chi connectivity index (χ2v) is 10.8. The van der Waals surface area contributed by atoms with E-state index in [0.717, 1.165) is 5.56 Å². The number of carbonyl (C=O) groups is 6. The van der Waals surface area contributed by atoms with Crippen molar-refractivity contribution in [3.05, 3.63) is 65.2 Å². The van der Waals surface area contributed by atoms with Gasteiger partial charge in [0.15, 0.2) is 6.61 Å². The molecule has 1 atom stereocenters. The highest BCUT2D eigenvalue weighted by Crippen LogP contribution is 2.32. The molecule has 0 saturated carbocycles. The maximum atomic E-state index is 13.0. The maximum absolute atomic E-state index is 13.0. The van der Waals surface area contributed by atoms with Crippen LogP contribution in [0.2, 0.25) is 0 Å². The van der Waals surface area contributed by atoms with E-state index in [1.807, 2.05) is 6.07 Å². The van der Waals surface area contributed by atoms with Gasteiger partial charge in [-0.3, -0.25) is 34.6 Å². The largest absolute Gasteiger partial charge is 0.459 e. The third-order valence-electron chi connectivity index (χ3n) is 6.45. The summed E-state index contributed by atoms with van der Waals surface area (Å²) in [5.74, 6) is -2.52. The average molecular weight is 565 g/mol. The highest BCUT2D eigenvalue weighted by Gasteiger charge is 2.40. The third-order valence-corrected chi connectivity index (χ3v) is 6.45. The molecule has 0 spiro atoms. The third kappa shape index (κ3) is 7.47. The smallest absolute Gasteiger partial charge is 0.412 e. The van der Waals surface area contributed by atoms with Crippen LogP contribution in [0.4, 0.5) is 10.5 Å². The number of piperidine rings is 1. The van der Waals surface area contributed by atoms with Crippen molar-refractivity contribution in [2.24, 2.45) is 0 Å². The lowest BCUT2D eigenvalue weighted by Gasteiger charge is -2.29. The zero-order valence-corrected chi connectivity index (χ0v) is 23.1. The summed E-state index contributed by atoms with van der Waals surface area (Å²) in [6.07, 6.45) is -0.604. The molecule has 2 heterocycles. The maximum Gasteiger partial charge on any atom is 0.412 e. The minimum atomic E-state index is -0.935. The minimum Gasteiger partial charge on any atom is -0.459 e. The summed E-state index contributed by atoms with van der Waals surface area (Å²) in [5, 5.41) is 4.81. The molecular weight excluding hydrogens is 532 g/mol. The van der Waals surface area contributed by atoms with Crippen molar-refractivity contribution in [2.75, 3.05) is 18.5 Å². The molecule has 0 aliphatic carbocycles. The Kier molecular flexibility index (Phi) is 8.70. The van der Waals surface area contributed by atoms with E-state index in [-0.39, 0.29) is 50.0 Å². The van der Waals surface area contributed by atoms with Crippen molar-refractivity contribution in [2.45, 2.75) is 58.3 Å². The first kappa shape index (κ1) is 29.2. The summed E-state index contributed by atoms with van der Waals surface area (Å²) >= 11 is 0. The Balaban J connectivity index is 1.39. The zero-order valence-electron chi connectivity index (χ0n) is 23.1. The van der Waals surface area contributed by atoms with Crippen molar-refractivity contribution in [3.8, 4) is 0 Å². The molecule has 41 heavy (non-hydrogen) atoms. The van der Waals surface area contributed by atoms with Gasteiger partial charge in [0, 0.05) is 36.3 Å². The fourth-order valence-electron chi connectivity index (χ4n) is 4.63. The van der Waals surface area contributed by atoms with Gasteiger partial charge in [0.05, 0.1) is 0 Å². The number of esters is 1. The number of anilines is 1. The van der Waals surface area contributed by atoms with Crippen molar-refractivity contribution >= 4 is 41.4 Å². The van der Waals surface area contributed by atoms with E-state index in [1.165, 1.54) is 9.80 Å². The van der Waals surface area contributed by atoms with Crippen LogP contribution in [0.25, 0.3) is 0 Å². The van der Waals surface area contributed by atoms with Crippen molar-refractivity contribution in [1.82, 2.24) is 15.1 Å². The first-order valence-electron chi connectivity index (χ1n) is 13.1. The van der Waals surface area contributed by atoms with Gasteiger partial charge >= 0.3 is 12.1 Å². The van der Waals surface area contributed by atoms with Gasteiger partial charge in [-0.25, -0.2) is 4.79 Å². The fraction of sp³-hybridized carbons (Fsp3) is 0.379. The van der Waals surface area contributed by atoms with Crippen molar-refractivity contribution in [1.29, 1.82) is 0 Å². The molecular formula is C29H32N4O8. The number of fused-ring (bicyclic) bond motifs is 1. The Labute approximate surface area is 236 Å². The number of hydrogen-bond acceptors (Lipinski definition) is 8. The standard InChI is InChI=1S/C29H32N4O8/c1-29(2,3)41-25(36)16-32(14-18-8-5-4-6-9-18)24(35)17-40-28(39)30-21-11-7-10-19-20(21)15-33(27(19)38)22-12-13-23(34)31-26(22)37/h4-11,22H,12-17H2,1-3H3,(H,30,39)(H,31,34,37). The molecule has 2 aromatic carbocycles. The lowest BCUT2D eigenvalue weighted by molar-refractivity contribution is -0.159. The van der Waals surface area contributed by atoms with Gasteiger partial charge < -0.3 is 19.3 Å². The molecule has 0 bridgehead atoms. The average Bonchev–Trinajstić information content (AvgIpc) is 3.23. The van der Waals surface area contributed by atoms with Crippen LogP contribution in [0.1, 0.15) is 55.1 Å². The number of nitrogens with one attached hydrogen (secondary N) is 2. The van der Waals surface area contributed by atoms with Crippen LogP contribution >= 0.6 is 0 Å². The van der Waals surface area contributed by atoms with E-state index in [0.29, 0.717) is 11.1 Å². The number of amides is 5. The number of hydrogen-bond donors (Lipinski definition) is 2. The lowest BCUT2D eigenvalue weighted by Crippen LogP contribution is -2.52. The molecule has 216 valence electrons. The van der Waals surface area contributed by atoms with Crippen LogP contribution in [0.15, 0.2) is 48.5 Å². The van der Waals surface area contributed by atoms with Crippen LogP contribution in [-0.4, -0.2) is 70.3 Å². The van der Waals surface area contributed by atoms with Gasteiger partial charge in [0.1, 0.15) is 18.2 Å². The van der Waals surface area contributed by atoms with Crippen molar-refractivity contribution in [3.63, 3.8) is 0 Å². The summed E-state index contributed by atoms with van der Waals surface area (Å²) in [6, 6.07) is 13.0. The second-order valence-electron chi connectivity index (χ2n) is 10.8.